The van der Waals surface area contributed by atoms with Gasteiger partial charge in [-0.1, -0.05) is 45.0 Å². The Hall–Kier alpha value is -1.16. The topological polar surface area (TPSA) is 37.4 Å². The highest BCUT2D eigenvalue weighted by atomic mass is 28.3. The Morgan fingerprint density at radius 3 is 2.41 bits per heavy atom. The maximum atomic E-state index is 13.0. The summed E-state index contributed by atoms with van der Waals surface area (Å²) in [5, 5.41) is 0.0773. The molecule has 0 aromatic heterocycles. The van der Waals surface area contributed by atoms with Crippen molar-refractivity contribution in [2.75, 3.05) is 6.54 Å². The van der Waals surface area contributed by atoms with Crippen LogP contribution in [0.1, 0.15) is 40.0 Å². The molecular weight excluding hydrogens is 290 g/mol. The van der Waals surface area contributed by atoms with Gasteiger partial charge >= 0.3 is 0 Å². The van der Waals surface area contributed by atoms with Gasteiger partial charge in [-0.05, 0) is 30.2 Å². The Kier molecular flexibility index (Phi) is 3.71. The Balaban J connectivity index is 2.12. The number of amides is 2. The Morgan fingerprint density at radius 2 is 1.86 bits per heavy atom. The first-order chi connectivity index (χ1) is 10.5. The lowest BCUT2D eigenvalue weighted by molar-refractivity contribution is -0.137. The molecule has 0 radical (unpaired) electrons. The molecule has 0 aromatic carbocycles. The molecule has 1 heterocycles. The number of nitrogens with zero attached hydrogens (tertiary/aromatic N) is 1. The predicted molar refractivity (Wildman–Crippen MR) is 91.2 cm³/mol. The first-order valence-electron chi connectivity index (χ1n) is 8.73. The van der Waals surface area contributed by atoms with Gasteiger partial charge in [-0.15, -0.1) is 6.58 Å². The minimum Gasteiger partial charge on any atom is -0.271 e. The standard InChI is InChI=1S/C18H27NO2Si/c1-5-11-19-16(20)14-13-9-10-18(12-13,15(14)17(19)21)22(6-2,7-3)8-4/h5,13H,1,6-12H2,2-4H3. The van der Waals surface area contributed by atoms with E-state index in [0.29, 0.717) is 12.5 Å². The summed E-state index contributed by atoms with van der Waals surface area (Å²) in [6.45, 7) is 11.0. The van der Waals surface area contributed by atoms with Crippen LogP contribution in [0.5, 0.6) is 0 Å². The molecule has 1 aliphatic heterocycles. The van der Waals surface area contributed by atoms with E-state index < -0.39 is 8.07 Å². The fourth-order valence-electron chi connectivity index (χ4n) is 5.76. The van der Waals surface area contributed by atoms with E-state index in [9.17, 15) is 9.59 Å². The molecule has 22 heavy (non-hydrogen) atoms. The molecule has 3 rings (SSSR count). The van der Waals surface area contributed by atoms with Gasteiger partial charge in [0.1, 0.15) is 0 Å². The third-order valence-corrected chi connectivity index (χ3v) is 13.8. The molecule has 2 aliphatic carbocycles. The van der Waals surface area contributed by atoms with Gasteiger partial charge in [0.2, 0.25) is 0 Å². The lowest BCUT2D eigenvalue weighted by Gasteiger charge is -2.46. The van der Waals surface area contributed by atoms with Gasteiger partial charge in [-0.25, -0.2) is 0 Å². The number of imide groups is 1. The average molecular weight is 318 g/mol. The summed E-state index contributed by atoms with van der Waals surface area (Å²) >= 11 is 0. The highest BCUT2D eigenvalue weighted by Crippen LogP contribution is 2.70. The van der Waals surface area contributed by atoms with E-state index in [1.165, 1.54) is 23.0 Å². The molecule has 0 saturated heterocycles. The number of hydrogen-bond acceptors (Lipinski definition) is 2. The third-order valence-electron chi connectivity index (χ3n) is 6.96. The summed E-state index contributed by atoms with van der Waals surface area (Å²) in [5.41, 5.74) is 1.85. The highest BCUT2D eigenvalue weighted by Gasteiger charge is 2.66. The van der Waals surface area contributed by atoms with Crippen LogP contribution in [0.25, 0.3) is 0 Å². The molecule has 3 nitrogen and oxygen atoms in total. The molecule has 2 amide bonds. The van der Waals surface area contributed by atoms with Crippen LogP contribution in [-0.4, -0.2) is 31.3 Å². The van der Waals surface area contributed by atoms with Crippen molar-refractivity contribution in [3.63, 3.8) is 0 Å². The number of carbonyl (C=O) groups excluding carboxylic acids is 2. The second-order valence-electron chi connectivity index (χ2n) is 7.16. The van der Waals surface area contributed by atoms with E-state index >= 15 is 0 Å². The molecule has 0 spiro atoms. The second-order valence-corrected chi connectivity index (χ2v) is 12.8. The molecule has 2 unspecified atom stereocenters. The predicted octanol–water partition coefficient (Wildman–Crippen LogP) is 3.90. The first kappa shape index (κ1) is 15.7. The zero-order valence-corrected chi connectivity index (χ0v) is 15.1. The number of hydrogen-bond donors (Lipinski definition) is 0. The minimum absolute atomic E-state index is 0.00863. The molecule has 3 aliphatic rings. The largest absolute Gasteiger partial charge is 0.271 e. The smallest absolute Gasteiger partial charge is 0.257 e. The van der Waals surface area contributed by atoms with Gasteiger partial charge in [0.05, 0.1) is 8.07 Å². The Bertz CT molecular complexity index is 567. The summed E-state index contributed by atoms with van der Waals surface area (Å²) in [6.07, 6.45) is 4.99. The van der Waals surface area contributed by atoms with Gasteiger partial charge in [0.25, 0.3) is 11.8 Å². The van der Waals surface area contributed by atoms with Crippen molar-refractivity contribution in [2.24, 2.45) is 5.92 Å². The van der Waals surface area contributed by atoms with Gasteiger partial charge in [0, 0.05) is 17.7 Å². The van der Waals surface area contributed by atoms with Gasteiger partial charge in [0.15, 0.2) is 0 Å². The quantitative estimate of drug-likeness (QED) is 0.423. The van der Waals surface area contributed by atoms with Crippen molar-refractivity contribution in [3.05, 3.63) is 23.8 Å². The zero-order valence-electron chi connectivity index (χ0n) is 14.1. The van der Waals surface area contributed by atoms with E-state index in [1.807, 2.05) is 0 Å². The molecule has 0 aromatic rings. The average Bonchev–Trinajstić information content (AvgIpc) is 3.17. The molecule has 2 bridgehead atoms. The van der Waals surface area contributed by atoms with Crippen LogP contribution in [-0.2, 0) is 9.59 Å². The maximum absolute atomic E-state index is 13.0. The van der Waals surface area contributed by atoms with Crippen LogP contribution in [0.2, 0.25) is 23.2 Å². The number of likely N-dealkylation sites (tertiary alicyclic amines) is 1. The summed E-state index contributed by atoms with van der Waals surface area (Å²) < 4.78 is 0. The van der Waals surface area contributed by atoms with Crippen molar-refractivity contribution >= 4 is 19.9 Å². The lowest BCUT2D eigenvalue weighted by Crippen LogP contribution is -2.48. The Labute approximate surface area is 134 Å². The zero-order chi connectivity index (χ0) is 16.1. The van der Waals surface area contributed by atoms with Crippen LogP contribution >= 0.6 is 0 Å². The lowest BCUT2D eigenvalue weighted by atomic mass is 9.92. The van der Waals surface area contributed by atoms with Gasteiger partial charge in [-0.2, -0.15) is 0 Å². The van der Waals surface area contributed by atoms with Crippen molar-refractivity contribution in [3.8, 4) is 0 Å². The first-order valence-corrected chi connectivity index (χ1v) is 11.4. The number of carbonyl (C=O) groups is 2. The summed E-state index contributed by atoms with van der Waals surface area (Å²) in [5.74, 6) is 0.338. The molecule has 4 heteroatoms. The van der Waals surface area contributed by atoms with Crippen molar-refractivity contribution in [1.29, 1.82) is 0 Å². The Morgan fingerprint density at radius 1 is 1.23 bits per heavy atom. The minimum atomic E-state index is -1.59. The van der Waals surface area contributed by atoms with Gasteiger partial charge in [-0.3, -0.25) is 14.5 Å². The van der Waals surface area contributed by atoms with E-state index in [4.69, 9.17) is 0 Å². The maximum Gasteiger partial charge on any atom is 0.257 e. The van der Waals surface area contributed by atoms with Crippen molar-refractivity contribution in [2.45, 2.75) is 63.2 Å². The van der Waals surface area contributed by atoms with E-state index in [0.717, 1.165) is 30.4 Å². The summed E-state index contributed by atoms with van der Waals surface area (Å²) in [6, 6.07) is 3.64. The number of fused-ring (bicyclic) bond motifs is 4. The van der Waals surface area contributed by atoms with Crippen LogP contribution < -0.4 is 0 Å². The molecule has 2 atom stereocenters. The number of rotatable bonds is 6. The van der Waals surface area contributed by atoms with Crippen LogP contribution in [0.4, 0.5) is 0 Å². The third kappa shape index (κ3) is 1.62. The summed E-state index contributed by atoms with van der Waals surface area (Å²) in [4.78, 5) is 27.2. The van der Waals surface area contributed by atoms with E-state index in [2.05, 4.69) is 27.4 Å². The molecule has 0 N–H and O–H groups in total. The monoisotopic (exact) mass is 317 g/mol. The van der Waals surface area contributed by atoms with Crippen LogP contribution in [0, 0.1) is 5.92 Å². The normalized spacial score (nSPS) is 30.5. The molecule has 1 fully saturated rings. The molecular formula is C18H27NO2Si. The fourth-order valence-corrected chi connectivity index (χ4v) is 11.4. The fraction of sp³-hybridized carbons (Fsp3) is 0.667. The highest BCUT2D eigenvalue weighted by molar-refractivity contribution is 6.84. The van der Waals surface area contributed by atoms with E-state index in [1.54, 1.807) is 6.08 Å². The van der Waals surface area contributed by atoms with E-state index in [-0.39, 0.29) is 16.9 Å². The molecule has 1 saturated carbocycles. The van der Waals surface area contributed by atoms with Gasteiger partial charge < -0.3 is 0 Å². The van der Waals surface area contributed by atoms with Crippen LogP contribution in [0.15, 0.2) is 23.8 Å². The second kappa shape index (κ2) is 5.19. The van der Waals surface area contributed by atoms with Crippen LogP contribution in [0.3, 0.4) is 0 Å². The van der Waals surface area contributed by atoms with Crippen molar-refractivity contribution < 1.29 is 9.59 Å². The molecule has 120 valence electrons. The summed E-state index contributed by atoms with van der Waals surface area (Å²) in [7, 11) is -1.59. The van der Waals surface area contributed by atoms with Crippen molar-refractivity contribution in [1.82, 2.24) is 4.90 Å². The SMILES string of the molecule is C=CCN1C(=O)C2=C(C1=O)C1([Si](CC)(CC)CC)CCC2C1.